The molecule has 6 heteroatoms. The molecule has 1 fully saturated rings. The van der Waals surface area contributed by atoms with Gasteiger partial charge in [-0.15, -0.1) is 0 Å². The Morgan fingerprint density at radius 2 is 2.24 bits per heavy atom. The molecular weight excluding hydrogens is 270 g/mol. The second-order valence-corrected chi connectivity index (χ2v) is 5.24. The van der Waals surface area contributed by atoms with Crippen LogP contribution in [0.1, 0.15) is 18.4 Å². The SMILES string of the molecule is COc1cccc(CN2CCC[C@@H](C(=O)NN)C2)c1OC. The van der Waals surface area contributed by atoms with Crippen LogP contribution in [0.3, 0.4) is 0 Å². The molecule has 21 heavy (non-hydrogen) atoms. The topological polar surface area (TPSA) is 76.8 Å². The van der Waals surface area contributed by atoms with Crippen molar-refractivity contribution in [2.45, 2.75) is 19.4 Å². The normalized spacial score (nSPS) is 19.1. The summed E-state index contributed by atoms with van der Waals surface area (Å²) in [6.45, 7) is 2.41. The number of piperidine rings is 1. The van der Waals surface area contributed by atoms with Crippen molar-refractivity contribution in [2.24, 2.45) is 11.8 Å². The van der Waals surface area contributed by atoms with Crippen LogP contribution in [-0.2, 0) is 11.3 Å². The van der Waals surface area contributed by atoms with Gasteiger partial charge < -0.3 is 9.47 Å². The van der Waals surface area contributed by atoms with Crippen molar-refractivity contribution in [3.05, 3.63) is 23.8 Å². The minimum atomic E-state index is -0.0858. The van der Waals surface area contributed by atoms with Crippen LogP contribution in [-0.4, -0.2) is 38.1 Å². The van der Waals surface area contributed by atoms with E-state index in [9.17, 15) is 4.79 Å². The highest BCUT2D eigenvalue weighted by Crippen LogP contribution is 2.32. The predicted octanol–water partition coefficient (Wildman–Crippen LogP) is 0.906. The molecular formula is C15H23N3O3. The van der Waals surface area contributed by atoms with E-state index in [-0.39, 0.29) is 11.8 Å². The van der Waals surface area contributed by atoms with Crippen LogP contribution in [0.15, 0.2) is 18.2 Å². The summed E-state index contributed by atoms with van der Waals surface area (Å²) in [5.41, 5.74) is 3.31. The lowest BCUT2D eigenvalue weighted by Crippen LogP contribution is -2.44. The van der Waals surface area contributed by atoms with Gasteiger partial charge in [0.15, 0.2) is 11.5 Å². The van der Waals surface area contributed by atoms with Gasteiger partial charge in [-0.2, -0.15) is 0 Å². The van der Waals surface area contributed by atoms with Crippen molar-refractivity contribution in [1.82, 2.24) is 10.3 Å². The maximum atomic E-state index is 11.7. The average molecular weight is 293 g/mol. The van der Waals surface area contributed by atoms with E-state index >= 15 is 0 Å². The first-order valence-electron chi connectivity index (χ1n) is 7.12. The summed E-state index contributed by atoms with van der Waals surface area (Å²) in [4.78, 5) is 13.9. The molecule has 116 valence electrons. The number of amides is 1. The van der Waals surface area contributed by atoms with E-state index in [2.05, 4.69) is 10.3 Å². The molecule has 0 aliphatic carbocycles. The third-order valence-electron chi connectivity index (χ3n) is 3.90. The number of para-hydroxylation sites is 1. The van der Waals surface area contributed by atoms with Gasteiger partial charge in [0.1, 0.15) is 0 Å². The van der Waals surface area contributed by atoms with Gasteiger partial charge >= 0.3 is 0 Å². The maximum absolute atomic E-state index is 11.7. The summed E-state index contributed by atoms with van der Waals surface area (Å²) in [5.74, 6) is 6.58. The van der Waals surface area contributed by atoms with Crippen LogP contribution >= 0.6 is 0 Å². The Labute approximate surface area is 125 Å². The Bertz CT molecular complexity index is 493. The molecule has 1 atom stereocenters. The molecule has 3 N–H and O–H groups in total. The van der Waals surface area contributed by atoms with Crippen LogP contribution in [0.4, 0.5) is 0 Å². The highest BCUT2D eigenvalue weighted by Gasteiger charge is 2.26. The van der Waals surface area contributed by atoms with Crippen LogP contribution in [0.5, 0.6) is 11.5 Å². The van der Waals surface area contributed by atoms with Crippen LogP contribution in [0.2, 0.25) is 0 Å². The number of nitrogens with two attached hydrogens (primary N) is 1. The van der Waals surface area contributed by atoms with Crippen LogP contribution in [0, 0.1) is 5.92 Å². The van der Waals surface area contributed by atoms with E-state index in [4.69, 9.17) is 15.3 Å². The summed E-state index contributed by atoms with van der Waals surface area (Å²) in [5, 5.41) is 0. The van der Waals surface area contributed by atoms with Crippen molar-refractivity contribution in [1.29, 1.82) is 0 Å². The van der Waals surface area contributed by atoms with Gasteiger partial charge in [-0.3, -0.25) is 15.1 Å². The lowest BCUT2D eigenvalue weighted by Gasteiger charge is -2.32. The van der Waals surface area contributed by atoms with E-state index in [1.54, 1.807) is 14.2 Å². The minimum absolute atomic E-state index is 0.0413. The van der Waals surface area contributed by atoms with E-state index in [1.807, 2.05) is 18.2 Å². The van der Waals surface area contributed by atoms with Gasteiger partial charge in [0.2, 0.25) is 5.91 Å². The van der Waals surface area contributed by atoms with Crippen molar-refractivity contribution in [2.75, 3.05) is 27.3 Å². The molecule has 1 aromatic rings. The first-order chi connectivity index (χ1) is 10.2. The lowest BCUT2D eigenvalue weighted by atomic mass is 9.97. The second kappa shape index (κ2) is 7.28. The number of ether oxygens (including phenoxy) is 2. The molecule has 1 aromatic carbocycles. The van der Waals surface area contributed by atoms with Crippen molar-refractivity contribution >= 4 is 5.91 Å². The number of benzene rings is 1. The number of hydrazine groups is 1. The molecule has 1 amide bonds. The highest BCUT2D eigenvalue weighted by molar-refractivity contribution is 5.78. The Balaban J connectivity index is 2.09. The standard InChI is InChI=1S/C15H23N3O3/c1-20-13-7-3-5-11(14(13)21-2)9-18-8-4-6-12(10-18)15(19)17-16/h3,5,7,12H,4,6,8-10,16H2,1-2H3,(H,17,19)/t12-/m1/s1. The maximum Gasteiger partial charge on any atom is 0.238 e. The first kappa shape index (κ1) is 15.6. The third-order valence-corrected chi connectivity index (χ3v) is 3.90. The molecule has 1 aliphatic rings. The molecule has 1 saturated heterocycles. The molecule has 0 saturated carbocycles. The number of carbonyl (C=O) groups excluding carboxylic acids is 1. The molecule has 0 aromatic heterocycles. The lowest BCUT2D eigenvalue weighted by molar-refractivity contribution is -0.126. The molecule has 0 spiro atoms. The Hall–Kier alpha value is -1.79. The summed E-state index contributed by atoms with van der Waals surface area (Å²) in [7, 11) is 3.27. The van der Waals surface area contributed by atoms with Gasteiger partial charge in [0.25, 0.3) is 0 Å². The summed E-state index contributed by atoms with van der Waals surface area (Å²) >= 11 is 0. The van der Waals surface area contributed by atoms with Crippen LogP contribution in [0.25, 0.3) is 0 Å². The van der Waals surface area contributed by atoms with Gasteiger partial charge in [-0.25, -0.2) is 5.84 Å². The average Bonchev–Trinajstić information content (AvgIpc) is 2.54. The molecule has 2 rings (SSSR count). The number of likely N-dealkylation sites (tertiary alicyclic amines) is 1. The molecule has 6 nitrogen and oxygen atoms in total. The number of rotatable bonds is 5. The third kappa shape index (κ3) is 3.65. The Kier molecular flexibility index (Phi) is 5.41. The zero-order valence-corrected chi connectivity index (χ0v) is 12.6. The first-order valence-corrected chi connectivity index (χ1v) is 7.12. The number of nitrogens with zero attached hydrogens (tertiary/aromatic N) is 1. The summed E-state index contributed by atoms with van der Waals surface area (Å²) in [6.07, 6.45) is 1.87. The van der Waals surface area contributed by atoms with E-state index in [0.29, 0.717) is 6.54 Å². The van der Waals surface area contributed by atoms with Crippen molar-refractivity contribution < 1.29 is 14.3 Å². The zero-order chi connectivity index (χ0) is 15.2. The smallest absolute Gasteiger partial charge is 0.238 e. The quantitative estimate of drug-likeness (QED) is 0.479. The molecule has 1 aliphatic heterocycles. The monoisotopic (exact) mass is 293 g/mol. The summed E-state index contributed by atoms with van der Waals surface area (Å²) in [6, 6.07) is 5.85. The van der Waals surface area contributed by atoms with Gasteiger partial charge in [0.05, 0.1) is 20.1 Å². The van der Waals surface area contributed by atoms with Crippen molar-refractivity contribution in [3.8, 4) is 11.5 Å². The number of carbonyl (C=O) groups is 1. The second-order valence-electron chi connectivity index (χ2n) is 5.24. The number of methoxy groups -OCH3 is 2. The fourth-order valence-corrected chi connectivity index (χ4v) is 2.85. The zero-order valence-electron chi connectivity index (χ0n) is 12.6. The van der Waals surface area contributed by atoms with Crippen molar-refractivity contribution in [3.63, 3.8) is 0 Å². The molecule has 1 heterocycles. The van der Waals surface area contributed by atoms with Gasteiger partial charge in [-0.05, 0) is 25.5 Å². The minimum Gasteiger partial charge on any atom is -0.493 e. The van der Waals surface area contributed by atoms with E-state index < -0.39 is 0 Å². The van der Waals surface area contributed by atoms with Gasteiger partial charge in [0, 0.05) is 18.7 Å². The molecule has 0 bridgehead atoms. The Morgan fingerprint density at radius 1 is 1.43 bits per heavy atom. The number of hydrogen-bond acceptors (Lipinski definition) is 5. The largest absolute Gasteiger partial charge is 0.493 e. The van der Waals surface area contributed by atoms with E-state index in [0.717, 1.165) is 43.0 Å². The Morgan fingerprint density at radius 3 is 2.90 bits per heavy atom. The van der Waals surface area contributed by atoms with Crippen LogP contribution < -0.4 is 20.7 Å². The molecule has 0 radical (unpaired) electrons. The highest BCUT2D eigenvalue weighted by atomic mass is 16.5. The fourth-order valence-electron chi connectivity index (χ4n) is 2.85. The van der Waals surface area contributed by atoms with Gasteiger partial charge in [-0.1, -0.05) is 12.1 Å². The fraction of sp³-hybridized carbons (Fsp3) is 0.533. The summed E-state index contributed by atoms with van der Waals surface area (Å²) < 4.78 is 10.8. The number of hydrogen-bond donors (Lipinski definition) is 2. The molecule has 0 unspecified atom stereocenters. The predicted molar refractivity (Wildman–Crippen MR) is 79.9 cm³/mol. The number of nitrogens with one attached hydrogen (secondary N) is 1. The van der Waals surface area contributed by atoms with E-state index in [1.165, 1.54) is 0 Å².